The first-order chi connectivity index (χ1) is 6.10. The maximum Gasteiger partial charge on any atom is 0.0832 e. The molecule has 13 heavy (non-hydrogen) atoms. The second-order valence-electron chi connectivity index (χ2n) is 4.49. The predicted octanol–water partition coefficient (Wildman–Crippen LogP) is 2.32. The predicted molar refractivity (Wildman–Crippen MR) is 55.6 cm³/mol. The fraction of sp³-hybridized carbons (Fsp3) is 1.00. The molecule has 3 atom stereocenters. The first kappa shape index (κ1) is 11.0. The quantitative estimate of drug-likeness (QED) is 0.732. The molecule has 1 aliphatic rings. The summed E-state index contributed by atoms with van der Waals surface area (Å²) in [5.74, 6) is 0.770. The standard InChI is InChI=1S/C11H23NO/c1-4-13-11(10(3)12)7-5-6-9(2)8-11/h9-10H,4-8,12H2,1-3H3. The van der Waals surface area contributed by atoms with Crippen molar-refractivity contribution in [3.05, 3.63) is 0 Å². The first-order valence-corrected chi connectivity index (χ1v) is 5.50. The van der Waals surface area contributed by atoms with Gasteiger partial charge in [0.15, 0.2) is 0 Å². The molecule has 0 aliphatic heterocycles. The molecular weight excluding hydrogens is 162 g/mol. The molecule has 0 amide bonds. The van der Waals surface area contributed by atoms with Crippen molar-refractivity contribution in [2.75, 3.05) is 6.61 Å². The third-order valence-corrected chi connectivity index (χ3v) is 3.25. The van der Waals surface area contributed by atoms with Gasteiger partial charge in [0.05, 0.1) is 5.60 Å². The van der Waals surface area contributed by atoms with E-state index in [2.05, 4.69) is 20.8 Å². The van der Waals surface area contributed by atoms with Gasteiger partial charge in [-0.25, -0.2) is 0 Å². The molecule has 78 valence electrons. The van der Waals surface area contributed by atoms with Gasteiger partial charge in [0, 0.05) is 12.6 Å². The zero-order valence-corrected chi connectivity index (χ0v) is 9.18. The van der Waals surface area contributed by atoms with Gasteiger partial charge < -0.3 is 10.5 Å². The fourth-order valence-electron chi connectivity index (χ4n) is 2.51. The van der Waals surface area contributed by atoms with Crippen LogP contribution in [0.15, 0.2) is 0 Å². The van der Waals surface area contributed by atoms with Gasteiger partial charge in [-0.2, -0.15) is 0 Å². The average Bonchev–Trinajstić information content (AvgIpc) is 2.04. The smallest absolute Gasteiger partial charge is 0.0832 e. The molecule has 0 spiro atoms. The Morgan fingerprint density at radius 3 is 2.77 bits per heavy atom. The molecule has 0 aromatic rings. The number of hydrogen-bond acceptors (Lipinski definition) is 2. The third kappa shape index (κ3) is 2.44. The molecule has 0 bridgehead atoms. The summed E-state index contributed by atoms with van der Waals surface area (Å²) >= 11 is 0. The van der Waals surface area contributed by atoms with Crippen molar-refractivity contribution in [2.24, 2.45) is 11.7 Å². The highest BCUT2D eigenvalue weighted by Crippen LogP contribution is 2.36. The Morgan fingerprint density at radius 1 is 1.62 bits per heavy atom. The van der Waals surface area contributed by atoms with E-state index in [9.17, 15) is 0 Å². The molecule has 2 nitrogen and oxygen atoms in total. The molecule has 1 fully saturated rings. The SMILES string of the molecule is CCOC1(C(C)N)CCCC(C)C1. The van der Waals surface area contributed by atoms with E-state index in [1.165, 1.54) is 12.8 Å². The van der Waals surface area contributed by atoms with Gasteiger partial charge >= 0.3 is 0 Å². The van der Waals surface area contributed by atoms with Crippen LogP contribution in [-0.4, -0.2) is 18.2 Å². The van der Waals surface area contributed by atoms with Crippen molar-refractivity contribution in [1.29, 1.82) is 0 Å². The normalized spacial score (nSPS) is 37.4. The van der Waals surface area contributed by atoms with E-state index in [0.29, 0.717) is 0 Å². The van der Waals surface area contributed by atoms with Gasteiger partial charge in [0.25, 0.3) is 0 Å². The average molecular weight is 185 g/mol. The largest absolute Gasteiger partial charge is 0.374 e. The first-order valence-electron chi connectivity index (χ1n) is 5.50. The molecule has 1 rings (SSSR count). The summed E-state index contributed by atoms with van der Waals surface area (Å²) in [4.78, 5) is 0. The Labute approximate surface area is 81.8 Å². The minimum absolute atomic E-state index is 0.0214. The second-order valence-corrected chi connectivity index (χ2v) is 4.49. The molecule has 0 heterocycles. The zero-order valence-electron chi connectivity index (χ0n) is 9.18. The van der Waals surface area contributed by atoms with Crippen molar-refractivity contribution in [3.8, 4) is 0 Å². The third-order valence-electron chi connectivity index (χ3n) is 3.25. The Morgan fingerprint density at radius 2 is 2.31 bits per heavy atom. The van der Waals surface area contributed by atoms with Crippen LogP contribution in [-0.2, 0) is 4.74 Å². The summed E-state index contributed by atoms with van der Waals surface area (Å²) in [6.07, 6.45) is 4.88. The lowest BCUT2D eigenvalue weighted by Crippen LogP contribution is -2.51. The lowest BCUT2D eigenvalue weighted by atomic mass is 9.75. The maximum atomic E-state index is 6.03. The molecule has 0 aromatic heterocycles. The van der Waals surface area contributed by atoms with Gasteiger partial charge in [-0.1, -0.05) is 19.8 Å². The van der Waals surface area contributed by atoms with Crippen molar-refractivity contribution in [1.82, 2.24) is 0 Å². The molecule has 1 aliphatic carbocycles. The van der Waals surface area contributed by atoms with Gasteiger partial charge in [0.1, 0.15) is 0 Å². The fourth-order valence-corrected chi connectivity index (χ4v) is 2.51. The van der Waals surface area contributed by atoms with Crippen molar-refractivity contribution < 1.29 is 4.74 Å². The van der Waals surface area contributed by atoms with Crippen LogP contribution in [0, 0.1) is 5.92 Å². The Balaban J connectivity index is 2.64. The lowest BCUT2D eigenvalue weighted by molar-refractivity contribution is -0.0891. The maximum absolute atomic E-state index is 6.03. The summed E-state index contributed by atoms with van der Waals surface area (Å²) in [5, 5.41) is 0. The van der Waals surface area contributed by atoms with Crippen LogP contribution in [0.5, 0.6) is 0 Å². The van der Waals surface area contributed by atoms with E-state index >= 15 is 0 Å². The highest BCUT2D eigenvalue weighted by Gasteiger charge is 2.38. The van der Waals surface area contributed by atoms with Crippen LogP contribution in [0.25, 0.3) is 0 Å². The molecule has 0 saturated heterocycles. The number of ether oxygens (including phenoxy) is 1. The van der Waals surface area contributed by atoms with E-state index in [-0.39, 0.29) is 11.6 Å². The summed E-state index contributed by atoms with van der Waals surface area (Å²) in [5.41, 5.74) is 6.00. The minimum Gasteiger partial charge on any atom is -0.374 e. The van der Waals surface area contributed by atoms with Gasteiger partial charge in [-0.3, -0.25) is 0 Å². The van der Waals surface area contributed by atoms with E-state index in [1.54, 1.807) is 0 Å². The van der Waals surface area contributed by atoms with Crippen LogP contribution in [0.2, 0.25) is 0 Å². The van der Waals surface area contributed by atoms with E-state index in [0.717, 1.165) is 25.4 Å². The van der Waals surface area contributed by atoms with Crippen molar-refractivity contribution in [3.63, 3.8) is 0 Å². The van der Waals surface area contributed by atoms with Crippen LogP contribution in [0.1, 0.15) is 46.5 Å². The second kappa shape index (κ2) is 4.43. The topological polar surface area (TPSA) is 35.2 Å². The van der Waals surface area contributed by atoms with Gasteiger partial charge in [-0.15, -0.1) is 0 Å². The highest BCUT2D eigenvalue weighted by atomic mass is 16.5. The molecule has 0 aromatic carbocycles. The Bertz CT molecular complexity index is 154. The van der Waals surface area contributed by atoms with Crippen LogP contribution in [0.4, 0.5) is 0 Å². The van der Waals surface area contributed by atoms with E-state index in [4.69, 9.17) is 10.5 Å². The lowest BCUT2D eigenvalue weighted by Gasteiger charge is -2.42. The highest BCUT2D eigenvalue weighted by molar-refractivity contribution is 4.93. The number of nitrogens with two attached hydrogens (primary N) is 1. The molecule has 3 unspecified atom stereocenters. The van der Waals surface area contributed by atoms with Gasteiger partial charge in [-0.05, 0) is 32.6 Å². The molecular formula is C11H23NO. The van der Waals surface area contributed by atoms with Crippen molar-refractivity contribution in [2.45, 2.75) is 58.1 Å². The molecule has 2 heteroatoms. The van der Waals surface area contributed by atoms with Crippen LogP contribution in [0.3, 0.4) is 0 Å². The van der Waals surface area contributed by atoms with Crippen LogP contribution < -0.4 is 5.73 Å². The molecule has 2 N–H and O–H groups in total. The number of hydrogen-bond donors (Lipinski definition) is 1. The number of rotatable bonds is 3. The zero-order chi connectivity index (χ0) is 9.90. The molecule has 0 radical (unpaired) electrons. The summed E-state index contributed by atoms with van der Waals surface area (Å²) in [6, 6.07) is 0.162. The van der Waals surface area contributed by atoms with E-state index in [1.807, 2.05) is 0 Å². The minimum atomic E-state index is -0.0214. The molecule has 1 saturated carbocycles. The summed E-state index contributed by atoms with van der Waals surface area (Å²) in [7, 11) is 0. The van der Waals surface area contributed by atoms with Crippen molar-refractivity contribution >= 4 is 0 Å². The van der Waals surface area contributed by atoms with E-state index < -0.39 is 0 Å². The van der Waals surface area contributed by atoms with Crippen LogP contribution >= 0.6 is 0 Å². The summed E-state index contributed by atoms with van der Waals surface area (Å²) < 4.78 is 5.88. The van der Waals surface area contributed by atoms with Gasteiger partial charge in [0.2, 0.25) is 0 Å². The summed E-state index contributed by atoms with van der Waals surface area (Å²) in [6.45, 7) is 7.22. The monoisotopic (exact) mass is 185 g/mol. The Kier molecular flexibility index (Phi) is 3.74. The Hall–Kier alpha value is -0.0800.